The molecule has 1 aromatic heterocycles. The molecule has 0 spiro atoms. The molecule has 4 heteroatoms. The molecule has 0 saturated carbocycles. The lowest BCUT2D eigenvalue weighted by atomic mass is 10.1. The normalized spacial score (nSPS) is 10.2. The van der Waals surface area contributed by atoms with Gasteiger partial charge >= 0.3 is 5.97 Å². The van der Waals surface area contributed by atoms with E-state index in [-0.39, 0.29) is 0 Å². The van der Waals surface area contributed by atoms with Gasteiger partial charge in [-0.05, 0) is 13.0 Å². The third-order valence-corrected chi connectivity index (χ3v) is 2.96. The van der Waals surface area contributed by atoms with E-state index in [1.54, 1.807) is 24.4 Å². The molecule has 0 unspecified atom stereocenters. The van der Waals surface area contributed by atoms with Crippen LogP contribution in [0.15, 0.2) is 30.5 Å². The minimum Gasteiger partial charge on any atom is -0.478 e. The Balaban J connectivity index is 2.57. The van der Waals surface area contributed by atoms with Crippen molar-refractivity contribution in [2.75, 3.05) is 0 Å². The molecule has 0 atom stereocenters. The summed E-state index contributed by atoms with van der Waals surface area (Å²) < 4.78 is 0. The van der Waals surface area contributed by atoms with Crippen LogP contribution >= 0.6 is 11.3 Å². The lowest BCUT2D eigenvalue weighted by Crippen LogP contribution is -1.98. The average molecular weight is 219 g/mol. The summed E-state index contributed by atoms with van der Waals surface area (Å²) in [7, 11) is 0. The molecule has 1 heterocycles. The maximum atomic E-state index is 11.0. The summed E-state index contributed by atoms with van der Waals surface area (Å²) in [5, 5.41) is 9.77. The summed E-state index contributed by atoms with van der Waals surface area (Å²) in [6.07, 6.45) is 1.75. The van der Waals surface area contributed by atoms with Crippen LogP contribution in [-0.2, 0) is 0 Å². The first kappa shape index (κ1) is 9.86. The van der Waals surface area contributed by atoms with Crippen molar-refractivity contribution >= 4 is 17.3 Å². The van der Waals surface area contributed by atoms with Gasteiger partial charge in [-0.15, -0.1) is 11.3 Å². The molecule has 0 aliphatic heterocycles. The fourth-order valence-corrected chi connectivity index (χ4v) is 2.14. The SMILES string of the molecule is Cc1cnc(-c2ccccc2C(=O)O)s1. The molecule has 1 N–H and O–H groups in total. The van der Waals surface area contributed by atoms with E-state index < -0.39 is 5.97 Å². The number of nitrogens with zero attached hydrogens (tertiary/aromatic N) is 1. The molecule has 0 aliphatic rings. The predicted molar refractivity (Wildman–Crippen MR) is 59.2 cm³/mol. The third kappa shape index (κ3) is 1.89. The monoisotopic (exact) mass is 219 g/mol. The molecule has 0 bridgehead atoms. The molecule has 0 saturated heterocycles. The largest absolute Gasteiger partial charge is 0.478 e. The van der Waals surface area contributed by atoms with Crippen molar-refractivity contribution in [1.82, 2.24) is 4.98 Å². The molecule has 3 nitrogen and oxygen atoms in total. The molecule has 0 amide bonds. The Labute approximate surface area is 91.0 Å². The number of hydrogen-bond donors (Lipinski definition) is 1. The Morgan fingerprint density at radius 2 is 2.13 bits per heavy atom. The zero-order valence-electron chi connectivity index (χ0n) is 8.10. The van der Waals surface area contributed by atoms with Gasteiger partial charge in [-0.3, -0.25) is 0 Å². The number of carboxylic acid groups (broad SMARTS) is 1. The van der Waals surface area contributed by atoms with Crippen molar-refractivity contribution in [1.29, 1.82) is 0 Å². The Hall–Kier alpha value is -1.68. The molecule has 0 fully saturated rings. The molecule has 76 valence electrons. The molecule has 15 heavy (non-hydrogen) atoms. The lowest BCUT2D eigenvalue weighted by Gasteiger charge is -2.01. The number of aromatic carboxylic acids is 1. The highest BCUT2D eigenvalue weighted by Gasteiger charge is 2.12. The molecule has 2 rings (SSSR count). The number of aromatic nitrogens is 1. The van der Waals surface area contributed by atoms with Gasteiger partial charge in [0.25, 0.3) is 0 Å². The van der Waals surface area contributed by atoms with Gasteiger partial charge in [0.1, 0.15) is 5.01 Å². The van der Waals surface area contributed by atoms with E-state index in [1.165, 1.54) is 11.3 Å². The maximum Gasteiger partial charge on any atom is 0.336 e. The summed E-state index contributed by atoms with van der Waals surface area (Å²) in [4.78, 5) is 16.2. The molecule has 1 aromatic carbocycles. The summed E-state index contributed by atoms with van der Waals surface area (Å²) in [6.45, 7) is 1.95. The summed E-state index contributed by atoms with van der Waals surface area (Å²) in [6, 6.07) is 6.90. The molecule has 0 radical (unpaired) electrons. The van der Waals surface area contributed by atoms with E-state index in [1.807, 2.05) is 13.0 Å². The highest BCUT2D eigenvalue weighted by Crippen LogP contribution is 2.27. The fraction of sp³-hybridized carbons (Fsp3) is 0.0909. The van der Waals surface area contributed by atoms with Gasteiger partial charge in [-0.2, -0.15) is 0 Å². The Morgan fingerprint density at radius 3 is 2.73 bits per heavy atom. The van der Waals surface area contributed by atoms with E-state index >= 15 is 0 Å². The van der Waals surface area contributed by atoms with Crippen LogP contribution in [0.25, 0.3) is 10.6 Å². The van der Waals surface area contributed by atoms with Crippen molar-refractivity contribution < 1.29 is 9.90 Å². The van der Waals surface area contributed by atoms with Crippen LogP contribution in [0.5, 0.6) is 0 Å². The second-order valence-corrected chi connectivity index (χ2v) is 4.36. The number of carbonyl (C=O) groups is 1. The number of thiazole rings is 1. The predicted octanol–water partition coefficient (Wildman–Crippen LogP) is 2.82. The van der Waals surface area contributed by atoms with Crippen molar-refractivity contribution in [3.05, 3.63) is 40.9 Å². The van der Waals surface area contributed by atoms with E-state index in [9.17, 15) is 4.79 Å². The first-order chi connectivity index (χ1) is 7.18. The van der Waals surface area contributed by atoms with E-state index in [0.717, 1.165) is 9.88 Å². The topological polar surface area (TPSA) is 50.2 Å². The number of aryl methyl sites for hydroxylation is 1. The minimum absolute atomic E-state index is 0.298. The summed E-state index contributed by atoms with van der Waals surface area (Å²) in [5.74, 6) is -0.918. The fourth-order valence-electron chi connectivity index (χ4n) is 1.34. The average Bonchev–Trinajstić information content (AvgIpc) is 2.65. The van der Waals surface area contributed by atoms with Crippen LogP contribution in [-0.4, -0.2) is 16.1 Å². The number of carboxylic acids is 1. The number of hydrogen-bond acceptors (Lipinski definition) is 3. The van der Waals surface area contributed by atoms with Gasteiger partial charge in [-0.1, -0.05) is 18.2 Å². The zero-order chi connectivity index (χ0) is 10.8. The second kappa shape index (κ2) is 3.82. The first-order valence-corrected chi connectivity index (χ1v) is 5.25. The quantitative estimate of drug-likeness (QED) is 0.844. The van der Waals surface area contributed by atoms with Crippen LogP contribution in [0, 0.1) is 6.92 Å². The van der Waals surface area contributed by atoms with Gasteiger partial charge < -0.3 is 5.11 Å². The van der Waals surface area contributed by atoms with Crippen LogP contribution < -0.4 is 0 Å². The van der Waals surface area contributed by atoms with Gasteiger partial charge in [0, 0.05) is 16.6 Å². The molecule has 2 aromatic rings. The van der Waals surface area contributed by atoms with Crippen LogP contribution in [0.3, 0.4) is 0 Å². The minimum atomic E-state index is -0.918. The molecule has 0 aliphatic carbocycles. The zero-order valence-corrected chi connectivity index (χ0v) is 8.91. The smallest absolute Gasteiger partial charge is 0.336 e. The highest BCUT2D eigenvalue weighted by molar-refractivity contribution is 7.15. The first-order valence-electron chi connectivity index (χ1n) is 4.43. The second-order valence-electron chi connectivity index (χ2n) is 3.13. The Kier molecular flexibility index (Phi) is 2.51. The standard InChI is InChI=1S/C11H9NO2S/c1-7-6-12-10(15-7)8-4-2-3-5-9(8)11(13)14/h2-6H,1H3,(H,13,14). The van der Waals surface area contributed by atoms with Crippen molar-refractivity contribution in [2.24, 2.45) is 0 Å². The summed E-state index contributed by atoms with van der Waals surface area (Å²) in [5.41, 5.74) is 0.981. The highest BCUT2D eigenvalue weighted by atomic mass is 32.1. The number of rotatable bonds is 2. The van der Waals surface area contributed by atoms with Gasteiger partial charge in [-0.25, -0.2) is 9.78 Å². The van der Waals surface area contributed by atoms with Crippen LogP contribution in [0.2, 0.25) is 0 Å². The van der Waals surface area contributed by atoms with Crippen LogP contribution in [0.4, 0.5) is 0 Å². The van der Waals surface area contributed by atoms with Crippen LogP contribution in [0.1, 0.15) is 15.2 Å². The molecular formula is C11H9NO2S. The van der Waals surface area contributed by atoms with Gasteiger partial charge in [0.15, 0.2) is 0 Å². The van der Waals surface area contributed by atoms with Crippen molar-refractivity contribution in [3.63, 3.8) is 0 Å². The van der Waals surface area contributed by atoms with E-state index in [4.69, 9.17) is 5.11 Å². The maximum absolute atomic E-state index is 11.0. The Bertz CT molecular complexity index is 505. The number of benzene rings is 1. The molecular weight excluding hydrogens is 210 g/mol. The van der Waals surface area contributed by atoms with Gasteiger partial charge in [0.05, 0.1) is 5.56 Å². The van der Waals surface area contributed by atoms with Crippen molar-refractivity contribution in [3.8, 4) is 10.6 Å². The summed E-state index contributed by atoms with van der Waals surface area (Å²) >= 11 is 1.50. The lowest BCUT2D eigenvalue weighted by molar-refractivity contribution is 0.0697. The van der Waals surface area contributed by atoms with Crippen molar-refractivity contribution in [2.45, 2.75) is 6.92 Å². The van der Waals surface area contributed by atoms with E-state index in [0.29, 0.717) is 11.1 Å². The Morgan fingerprint density at radius 1 is 1.40 bits per heavy atom. The van der Waals surface area contributed by atoms with Gasteiger partial charge in [0.2, 0.25) is 0 Å². The third-order valence-electron chi connectivity index (χ3n) is 2.01. The van der Waals surface area contributed by atoms with E-state index in [2.05, 4.69) is 4.98 Å².